The van der Waals surface area contributed by atoms with Gasteiger partial charge in [0.2, 0.25) is 11.7 Å². The van der Waals surface area contributed by atoms with Crippen LogP contribution in [-0.2, 0) is 6.42 Å². The lowest BCUT2D eigenvalue weighted by Gasteiger charge is -1.94. The first-order valence-corrected chi connectivity index (χ1v) is 11.3. The lowest BCUT2D eigenvalue weighted by Crippen LogP contribution is -1.89. The minimum atomic E-state index is 0.447. The van der Waals surface area contributed by atoms with E-state index in [0.29, 0.717) is 34.3 Å². The second-order valence-electron chi connectivity index (χ2n) is 6.31. The Bertz CT molecular complexity index is 1280. The fourth-order valence-corrected chi connectivity index (χ4v) is 5.00. The zero-order valence-corrected chi connectivity index (χ0v) is 17.9. The highest BCUT2D eigenvalue weighted by Crippen LogP contribution is 2.41. The molecule has 4 aromatic heterocycles. The molecular formula is C20H14ClN5O2S2. The van der Waals surface area contributed by atoms with Crippen molar-refractivity contribution in [3.8, 4) is 22.2 Å². The summed E-state index contributed by atoms with van der Waals surface area (Å²) in [4.78, 5) is 9.21. The zero-order chi connectivity index (χ0) is 20.3. The van der Waals surface area contributed by atoms with Crippen LogP contribution < -0.4 is 0 Å². The Hall–Kier alpha value is -2.75. The summed E-state index contributed by atoms with van der Waals surface area (Å²) in [5.41, 5.74) is 0.882. The highest BCUT2D eigenvalue weighted by atomic mass is 35.5. The summed E-state index contributed by atoms with van der Waals surface area (Å²) >= 11 is 9.53. The third-order valence-corrected chi connectivity index (χ3v) is 6.87. The van der Waals surface area contributed by atoms with Crippen molar-refractivity contribution in [3.63, 3.8) is 0 Å². The number of fused-ring (bicyclic) bond motifs is 1. The summed E-state index contributed by atoms with van der Waals surface area (Å²) in [7, 11) is 0. The van der Waals surface area contributed by atoms with E-state index in [1.54, 1.807) is 23.7 Å². The van der Waals surface area contributed by atoms with Crippen molar-refractivity contribution in [2.45, 2.75) is 18.1 Å². The van der Waals surface area contributed by atoms with E-state index in [0.717, 1.165) is 32.7 Å². The topological polar surface area (TPSA) is 90.7 Å². The Morgan fingerprint density at radius 3 is 2.80 bits per heavy atom. The lowest BCUT2D eigenvalue weighted by molar-refractivity contribution is 0.378. The first-order valence-electron chi connectivity index (χ1n) is 9.14. The van der Waals surface area contributed by atoms with Gasteiger partial charge in [-0.1, -0.05) is 46.7 Å². The van der Waals surface area contributed by atoms with Gasteiger partial charge >= 0.3 is 0 Å². The summed E-state index contributed by atoms with van der Waals surface area (Å²) in [6.45, 7) is 0. The molecule has 0 aliphatic carbocycles. The second-order valence-corrected chi connectivity index (χ2v) is 8.79. The predicted molar refractivity (Wildman–Crippen MR) is 117 cm³/mol. The molecule has 5 rings (SSSR count). The normalized spacial score (nSPS) is 11.4. The van der Waals surface area contributed by atoms with Crippen LogP contribution in [0.15, 0.2) is 63.0 Å². The van der Waals surface area contributed by atoms with E-state index in [4.69, 9.17) is 20.5 Å². The molecule has 4 heterocycles. The first kappa shape index (κ1) is 19.2. The van der Waals surface area contributed by atoms with Crippen molar-refractivity contribution in [2.75, 3.05) is 5.75 Å². The third kappa shape index (κ3) is 3.96. The van der Waals surface area contributed by atoms with E-state index in [9.17, 15) is 0 Å². The van der Waals surface area contributed by atoms with Crippen LogP contribution in [0.3, 0.4) is 0 Å². The Labute approximate surface area is 184 Å². The molecule has 1 aromatic carbocycles. The summed E-state index contributed by atoms with van der Waals surface area (Å²) in [6, 6.07) is 11.7. The van der Waals surface area contributed by atoms with Gasteiger partial charge in [0, 0.05) is 40.2 Å². The minimum absolute atomic E-state index is 0.447. The molecule has 30 heavy (non-hydrogen) atoms. The quantitative estimate of drug-likeness (QED) is 0.225. The second kappa shape index (κ2) is 8.55. The summed E-state index contributed by atoms with van der Waals surface area (Å²) in [5.74, 6) is 2.41. The van der Waals surface area contributed by atoms with Gasteiger partial charge in [-0.15, -0.1) is 21.5 Å². The average Bonchev–Trinajstić information content (AvgIpc) is 3.51. The van der Waals surface area contributed by atoms with Gasteiger partial charge in [0.1, 0.15) is 4.88 Å². The molecule has 150 valence electrons. The molecule has 0 saturated carbocycles. The van der Waals surface area contributed by atoms with Crippen LogP contribution in [0, 0.1) is 0 Å². The maximum absolute atomic E-state index is 6.49. The molecule has 0 aliphatic heterocycles. The molecule has 0 aliphatic rings. The van der Waals surface area contributed by atoms with E-state index in [2.05, 4.69) is 25.3 Å². The van der Waals surface area contributed by atoms with E-state index < -0.39 is 0 Å². The number of hydrogen-bond donors (Lipinski definition) is 0. The maximum atomic E-state index is 6.49. The Morgan fingerprint density at radius 2 is 1.93 bits per heavy atom. The number of aryl methyl sites for hydroxylation is 1. The summed E-state index contributed by atoms with van der Waals surface area (Å²) in [5, 5.41) is 14.5. The molecule has 5 aromatic rings. The zero-order valence-electron chi connectivity index (χ0n) is 15.5. The number of thioether (sulfide) groups is 1. The van der Waals surface area contributed by atoms with Crippen molar-refractivity contribution in [3.05, 3.63) is 59.7 Å². The molecule has 0 radical (unpaired) electrons. The highest BCUT2D eigenvalue weighted by Gasteiger charge is 2.18. The van der Waals surface area contributed by atoms with Gasteiger partial charge < -0.3 is 8.94 Å². The monoisotopic (exact) mass is 455 g/mol. The number of pyridine rings is 1. The fraction of sp³-hybridized carbons (Fsp3) is 0.150. The Balaban J connectivity index is 1.18. The molecule has 10 heteroatoms. The summed E-state index contributed by atoms with van der Waals surface area (Å²) in [6.07, 6.45) is 4.91. The SMILES string of the molecule is Clc1c(-c2nnc(SCCCc3nc(-c4ccncc4)no3)o2)sc2ccccc12. The number of rotatable bonds is 7. The molecule has 0 amide bonds. The number of aromatic nitrogens is 5. The maximum Gasteiger partial charge on any atom is 0.276 e. The Morgan fingerprint density at radius 1 is 1.07 bits per heavy atom. The van der Waals surface area contributed by atoms with Crippen LogP contribution in [0.1, 0.15) is 12.3 Å². The highest BCUT2D eigenvalue weighted by molar-refractivity contribution is 7.99. The third-order valence-electron chi connectivity index (χ3n) is 4.30. The van der Waals surface area contributed by atoms with E-state index in [-0.39, 0.29) is 0 Å². The molecule has 0 spiro atoms. The number of hydrogen-bond acceptors (Lipinski definition) is 9. The molecular weight excluding hydrogens is 442 g/mol. The van der Waals surface area contributed by atoms with Gasteiger partial charge in [-0.3, -0.25) is 4.98 Å². The summed E-state index contributed by atoms with van der Waals surface area (Å²) < 4.78 is 12.2. The molecule has 0 atom stereocenters. The van der Waals surface area contributed by atoms with Gasteiger partial charge in [-0.05, 0) is 24.6 Å². The minimum Gasteiger partial charge on any atom is -0.410 e. The average molecular weight is 456 g/mol. The van der Waals surface area contributed by atoms with E-state index in [1.165, 1.54) is 11.8 Å². The lowest BCUT2D eigenvalue weighted by atomic mass is 10.2. The van der Waals surface area contributed by atoms with E-state index >= 15 is 0 Å². The smallest absolute Gasteiger partial charge is 0.276 e. The van der Waals surface area contributed by atoms with E-state index in [1.807, 2.05) is 36.4 Å². The van der Waals surface area contributed by atoms with Crippen molar-refractivity contribution in [1.29, 1.82) is 0 Å². The van der Waals surface area contributed by atoms with Gasteiger partial charge in [0.05, 0.1) is 5.02 Å². The molecule has 0 bridgehead atoms. The number of thiophene rings is 1. The van der Waals surface area contributed by atoms with Crippen molar-refractivity contribution in [1.82, 2.24) is 25.3 Å². The van der Waals surface area contributed by atoms with Gasteiger partial charge in [-0.2, -0.15) is 4.98 Å². The van der Waals surface area contributed by atoms with Crippen LogP contribution in [0.5, 0.6) is 0 Å². The largest absolute Gasteiger partial charge is 0.410 e. The van der Waals surface area contributed by atoms with Crippen molar-refractivity contribution < 1.29 is 8.94 Å². The van der Waals surface area contributed by atoms with Crippen LogP contribution in [0.2, 0.25) is 5.02 Å². The van der Waals surface area contributed by atoms with Crippen molar-refractivity contribution >= 4 is 44.8 Å². The molecule has 0 unspecified atom stereocenters. The number of nitrogens with zero attached hydrogens (tertiary/aromatic N) is 5. The first-order chi connectivity index (χ1) is 14.8. The molecule has 0 saturated heterocycles. The standard InChI is InChI=1S/C20H14ClN5O2S2/c21-16-13-4-1-2-5-14(13)30-17(16)19-24-25-20(27-19)29-11-3-6-15-23-18(26-28-15)12-7-9-22-10-8-12/h1-2,4-5,7-10H,3,6,11H2. The number of halogens is 1. The van der Waals surface area contributed by atoms with Crippen LogP contribution in [-0.4, -0.2) is 31.1 Å². The molecule has 0 fully saturated rings. The van der Waals surface area contributed by atoms with Crippen molar-refractivity contribution in [2.24, 2.45) is 0 Å². The predicted octanol–water partition coefficient (Wildman–Crippen LogP) is 5.77. The van der Waals surface area contributed by atoms with Crippen LogP contribution in [0.25, 0.3) is 32.2 Å². The van der Waals surface area contributed by atoms with Crippen LogP contribution >= 0.6 is 34.7 Å². The Kier molecular flexibility index (Phi) is 5.48. The van der Waals surface area contributed by atoms with Crippen LogP contribution in [0.4, 0.5) is 0 Å². The molecule has 0 N–H and O–H groups in total. The van der Waals surface area contributed by atoms with Gasteiger partial charge in [0.25, 0.3) is 11.1 Å². The van der Waals surface area contributed by atoms with Gasteiger partial charge in [-0.25, -0.2) is 0 Å². The fourth-order valence-electron chi connectivity index (χ4n) is 2.87. The number of benzene rings is 1. The molecule has 7 nitrogen and oxygen atoms in total. The van der Waals surface area contributed by atoms with Gasteiger partial charge in [0.15, 0.2) is 0 Å².